The number of benzene rings is 1. The molecule has 1 amide bonds. The summed E-state index contributed by atoms with van der Waals surface area (Å²) in [6, 6.07) is 9.02. The largest absolute Gasteiger partial charge is 0.338 e. The van der Waals surface area contributed by atoms with Gasteiger partial charge in [0.2, 0.25) is 0 Å². The van der Waals surface area contributed by atoms with Crippen LogP contribution in [0.2, 0.25) is 0 Å². The number of hydrogen-bond acceptors (Lipinski definition) is 2. The van der Waals surface area contributed by atoms with Crippen molar-refractivity contribution in [2.75, 3.05) is 0 Å². The van der Waals surface area contributed by atoms with E-state index in [1.807, 2.05) is 31.2 Å². The number of hydrogen-bond donors (Lipinski definition) is 1. The Labute approximate surface area is 106 Å². The molecule has 1 unspecified atom stereocenters. The van der Waals surface area contributed by atoms with Gasteiger partial charge < -0.3 is 5.32 Å². The summed E-state index contributed by atoms with van der Waals surface area (Å²) in [6.07, 6.45) is 7.69. The SMILES string of the molecule is C#CC(CC)NC(=O)c1ccnc2ccccc12. The van der Waals surface area contributed by atoms with Crippen molar-refractivity contribution in [2.45, 2.75) is 19.4 Å². The smallest absolute Gasteiger partial charge is 0.252 e. The second-order valence-electron chi connectivity index (χ2n) is 3.98. The Hall–Kier alpha value is -2.34. The first kappa shape index (κ1) is 12.1. The summed E-state index contributed by atoms with van der Waals surface area (Å²) in [6.45, 7) is 1.94. The van der Waals surface area contributed by atoms with Gasteiger partial charge >= 0.3 is 0 Å². The van der Waals surface area contributed by atoms with Crippen molar-refractivity contribution < 1.29 is 4.79 Å². The number of aromatic nitrogens is 1. The lowest BCUT2D eigenvalue weighted by atomic mass is 10.1. The molecule has 0 bridgehead atoms. The fraction of sp³-hybridized carbons (Fsp3) is 0.200. The van der Waals surface area contributed by atoms with Crippen LogP contribution in [0.5, 0.6) is 0 Å². The van der Waals surface area contributed by atoms with Gasteiger partial charge in [-0.25, -0.2) is 0 Å². The Bertz CT molecular complexity index is 608. The van der Waals surface area contributed by atoms with E-state index in [2.05, 4.69) is 16.2 Å². The zero-order valence-corrected chi connectivity index (χ0v) is 10.2. The minimum atomic E-state index is -0.232. The first-order valence-corrected chi connectivity index (χ1v) is 5.87. The minimum absolute atomic E-state index is 0.154. The van der Waals surface area contributed by atoms with E-state index >= 15 is 0 Å². The summed E-state index contributed by atoms with van der Waals surface area (Å²) in [7, 11) is 0. The summed E-state index contributed by atoms with van der Waals surface area (Å²) < 4.78 is 0. The predicted octanol–water partition coefficient (Wildman–Crippen LogP) is 2.38. The number of fused-ring (bicyclic) bond motifs is 1. The quantitative estimate of drug-likeness (QED) is 0.834. The second-order valence-corrected chi connectivity index (χ2v) is 3.98. The lowest BCUT2D eigenvalue weighted by Crippen LogP contribution is -2.33. The van der Waals surface area contributed by atoms with Gasteiger partial charge in [0.1, 0.15) is 0 Å². The molecule has 0 aliphatic heterocycles. The molecule has 1 aromatic carbocycles. The number of rotatable bonds is 3. The molecule has 1 atom stereocenters. The standard InChI is InChI=1S/C15H14N2O/c1-3-11(4-2)17-15(18)13-9-10-16-14-8-6-5-7-12(13)14/h1,5-11H,4H2,2H3,(H,17,18). The number of carbonyl (C=O) groups is 1. The molecule has 0 saturated carbocycles. The van der Waals surface area contributed by atoms with Crippen molar-refractivity contribution in [1.29, 1.82) is 0 Å². The van der Waals surface area contributed by atoms with E-state index in [4.69, 9.17) is 6.42 Å². The highest BCUT2D eigenvalue weighted by Gasteiger charge is 2.12. The first-order valence-electron chi connectivity index (χ1n) is 5.87. The fourth-order valence-corrected chi connectivity index (χ4v) is 1.79. The zero-order valence-electron chi connectivity index (χ0n) is 10.2. The molecule has 0 fully saturated rings. The number of nitrogens with one attached hydrogen (secondary N) is 1. The maximum absolute atomic E-state index is 12.2. The van der Waals surface area contributed by atoms with Crippen LogP contribution in [0.1, 0.15) is 23.7 Å². The van der Waals surface area contributed by atoms with Gasteiger partial charge in [0.05, 0.1) is 17.1 Å². The van der Waals surface area contributed by atoms with E-state index < -0.39 is 0 Å². The molecule has 1 heterocycles. The molecule has 2 rings (SSSR count). The van der Waals surface area contributed by atoms with E-state index in [0.717, 1.165) is 10.9 Å². The van der Waals surface area contributed by atoms with Crippen LogP contribution in [0.3, 0.4) is 0 Å². The lowest BCUT2D eigenvalue weighted by molar-refractivity contribution is 0.0946. The molecule has 0 spiro atoms. The van der Waals surface area contributed by atoms with Crippen LogP contribution in [0.25, 0.3) is 10.9 Å². The number of nitrogens with zero attached hydrogens (tertiary/aromatic N) is 1. The third kappa shape index (κ3) is 2.33. The molecular formula is C15H14N2O. The van der Waals surface area contributed by atoms with Gasteiger partial charge in [-0.15, -0.1) is 6.42 Å². The van der Waals surface area contributed by atoms with Crippen molar-refractivity contribution >= 4 is 16.8 Å². The molecule has 90 valence electrons. The summed E-state index contributed by atoms with van der Waals surface area (Å²) in [5.74, 6) is 2.40. The van der Waals surface area contributed by atoms with Gasteiger partial charge in [-0.3, -0.25) is 9.78 Å². The fourth-order valence-electron chi connectivity index (χ4n) is 1.79. The Balaban J connectivity index is 2.37. The normalized spacial score (nSPS) is 11.8. The highest BCUT2D eigenvalue weighted by Crippen LogP contribution is 2.16. The summed E-state index contributed by atoms with van der Waals surface area (Å²) in [5.41, 5.74) is 1.41. The maximum Gasteiger partial charge on any atom is 0.252 e. The molecule has 0 aliphatic carbocycles. The molecule has 1 N–H and O–H groups in total. The van der Waals surface area contributed by atoms with Gasteiger partial charge in [-0.1, -0.05) is 31.0 Å². The van der Waals surface area contributed by atoms with Crippen molar-refractivity contribution in [3.05, 3.63) is 42.1 Å². The lowest BCUT2D eigenvalue weighted by Gasteiger charge is -2.11. The van der Waals surface area contributed by atoms with E-state index in [9.17, 15) is 4.79 Å². The van der Waals surface area contributed by atoms with Gasteiger partial charge in [0.25, 0.3) is 5.91 Å². The molecule has 2 aromatic rings. The van der Waals surface area contributed by atoms with Gasteiger partial charge in [-0.05, 0) is 18.6 Å². The van der Waals surface area contributed by atoms with Crippen molar-refractivity contribution in [1.82, 2.24) is 10.3 Å². The highest BCUT2D eigenvalue weighted by molar-refractivity contribution is 6.06. The Kier molecular flexibility index (Phi) is 3.59. The number of amides is 1. The molecule has 1 aromatic heterocycles. The van der Waals surface area contributed by atoms with Crippen LogP contribution in [-0.4, -0.2) is 16.9 Å². The monoisotopic (exact) mass is 238 g/mol. The highest BCUT2D eigenvalue weighted by atomic mass is 16.1. The van der Waals surface area contributed by atoms with Crippen LogP contribution >= 0.6 is 0 Å². The average Bonchev–Trinajstić information content (AvgIpc) is 2.43. The third-order valence-electron chi connectivity index (χ3n) is 2.81. The number of carbonyl (C=O) groups excluding carboxylic acids is 1. The van der Waals surface area contributed by atoms with Crippen LogP contribution in [0.15, 0.2) is 36.5 Å². The molecular weight excluding hydrogens is 224 g/mol. The Morgan fingerprint density at radius 3 is 2.94 bits per heavy atom. The molecule has 0 aliphatic rings. The molecule has 0 saturated heterocycles. The molecule has 0 radical (unpaired) electrons. The van der Waals surface area contributed by atoms with Crippen LogP contribution in [0.4, 0.5) is 0 Å². The number of terminal acetylenes is 1. The van der Waals surface area contributed by atoms with Crippen molar-refractivity contribution in [3.8, 4) is 12.3 Å². The van der Waals surface area contributed by atoms with E-state index in [0.29, 0.717) is 12.0 Å². The van der Waals surface area contributed by atoms with Gasteiger partial charge in [0.15, 0.2) is 0 Å². The Morgan fingerprint density at radius 1 is 1.44 bits per heavy atom. The zero-order chi connectivity index (χ0) is 13.0. The minimum Gasteiger partial charge on any atom is -0.338 e. The van der Waals surface area contributed by atoms with E-state index in [1.54, 1.807) is 12.3 Å². The Morgan fingerprint density at radius 2 is 2.22 bits per heavy atom. The van der Waals surface area contributed by atoms with E-state index in [-0.39, 0.29) is 11.9 Å². The first-order chi connectivity index (χ1) is 8.76. The third-order valence-corrected chi connectivity index (χ3v) is 2.81. The predicted molar refractivity (Wildman–Crippen MR) is 72.1 cm³/mol. The van der Waals surface area contributed by atoms with Crippen molar-refractivity contribution in [2.24, 2.45) is 0 Å². The summed E-state index contributed by atoms with van der Waals surface area (Å²) in [5, 5.41) is 3.66. The summed E-state index contributed by atoms with van der Waals surface area (Å²) >= 11 is 0. The summed E-state index contributed by atoms with van der Waals surface area (Å²) in [4.78, 5) is 16.4. The van der Waals surface area contributed by atoms with Crippen LogP contribution in [-0.2, 0) is 0 Å². The topological polar surface area (TPSA) is 42.0 Å². The van der Waals surface area contributed by atoms with Crippen LogP contribution in [0, 0.1) is 12.3 Å². The van der Waals surface area contributed by atoms with Gasteiger partial charge in [0, 0.05) is 11.6 Å². The van der Waals surface area contributed by atoms with Gasteiger partial charge in [-0.2, -0.15) is 0 Å². The van der Waals surface area contributed by atoms with E-state index in [1.165, 1.54) is 0 Å². The maximum atomic E-state index is 12.2. The average molecular weight is 238 g/mol. The van der Waals surface area contributed by atoms with Crippen LogP contribution < -0.4 is 5.32 Å². The number of para-hydroxylation sites is 1. The number of pyridine rings is 1. The molecule has 3 heteroatoms. The van der Waals surface area contributed by atoms with Crippen molar-refractivity contribution in [3.63, 3.8) is 0 Å². The molecule has 3 nitrogen and oxygen atoms in total. The molecule has 18 heavy (non-hydrogen) atoms. The second kappa shape index (κ2) is 5.33.